The Labute approximate surface area is 122 Å². The SMILES string of the molecule is CNC1CCN(c2ccnc3[nH]c4cnc(N)cc4c23)C1. The standard InChI is InChI=1S/C15H18N6/c1-17-9-3-5-21(8-9)12-2-4-18-15-14(12)10-6-13(16)19-7-11(10)20-15/h2,4,6-7,9,17H,3,5,8H2,1H3,(H2,16,19)(H,18,20). The zero-order chi connectivity index (χ0) is 14.4. The molecule has 3 aromatic rings. The van der Waals surface area contributed by atoms with Gasteiger partial charge in [-0.3, -0.25) is 0 Å². The van der Waals surface area contributed by atoms with Crippen molar-refractivity contribution in [2.75, 3.05) is 30.8 Å². The third kappa shape index (κ3) is 1.91. The molecule has 4 rings (SSSR count). The highest BCUT2D eigenvalue weighted by Crippen LogP contribution is 2.34. The number of hydrogen-bond donors (Lipinski definition) is 3. The van der Waals surface area contributed by atoms with Gasteiger partial charge in [0.25, 0.3) is 0 Å². The molecule has 0 saturated carbocycles. The van der Waals surface area contributed by atoms with E-state index in [1.54, 1.807) is 6.20 Å². The number of fused-ring (bicyclic) bond motifs is 3. The monoisotopic (exact) mass is 282 g/mol. The average Bonchev–Trinajstić information content (AvgIpc) is 3.10. The third-order valence-corrected chi connectivity index (χ3v) is 4.31. The van der Waals surface area contributed by atoms with E-state index in [2.05, 4.69) is 31.2 Å². The molecule has 1 unspecified atom stereocenters. The Morgan fingerprint density at radius 2 is 2.33 bits per heavy atom. The second-order valence-electron chi connectivity index (χ2n) is 5.55. The van der Waals surface area contributed by atoms with Gasteiger partial charge < -0.3 is 20.9 Å². The van der Waals surface area contributed by atoms with E-state index >= 15 is 0 Å². The van der Waals surface area contributed by atoms with E-state index in [0.29, 0.717) is 11.9 Å². The lowest BCUT2D eigenvalue weighted by Crippen LogP contribution is -2.29. The molecule has 0 bridgehead atoms. The predicted octanol–water partition coefficient (Wildman–Crippen LogP) is 1.49. The van der Waals surface area contributed by atoms with Crippen LogP contribution in [-0.4, -0.2) is 41.1 Å². The van der Waals surface area contributed by atoms with Gasteiger partial charge in [-0.25, -0.2) is 9.97 Å². The Kier molecular flexibility index (Phi) is 2.71. The van der Waals surface area contributed by atoms with Gasteiger partial charge in [0.2, 0.25) is 0 Å². The smallest absolute Gasteiger partial charge is 0.140 e. The number of anilines is 2. The lowest BCUT2D eigenvalue weighted by Gasteiger charge is -2.19. The van der Waals surface area contributed by atoms with E-state index in [1.165, 1.54) is 5.69 Å². The van der Waals surface area contributed by atoms with Crippen LogP contribution in [0.2, 0.25) is 0 Å². The number of likely N-dealkylation sites (N-methyl/N-ethyl adjacent to an activating group) is 1. The lowest BCUT2D eigenvalue weighted by molar-refractivity contribution is 0.617. The van der Waals surface area contributed by atoms with Gasteiger partial charge in [0, 0.05) is 36.4 Å². The fourth-order valence-corrected chi connectivity index (χ4v) is 3.20. The summed E-state index contributed by atoms with van der Waals surface area (Å²) in [5.41, 5.74) is 8.94. The molecular weight excluding hydrogens is 264 g/mol. The third-order valence-electron chi connectivity index (χ3n) is 4.31. The number of H-pyrrole nitrogens is 1. The maximum Gasteiger partial charge on any atom is 0.140 e. The first-order valence-electron chi connectivity index (χ1n) is 7.20. The summed E-state index contributed by atoms with van der Waals surface area (Å²) in [6.45, 7) is 2.07. The Morgan fingerprint density at radius 1 is 1.43 bits per heavy atom. The normalized spacial score (nSPS) is 18.9. The van der Waals surface area contributed by atoms with E-state index in [9.17, 15) is 0 Å². The molecule has 1 fully saturated rings. The molecule has 4 N–H and O–H groups in total. The molecular formula is C15H18N6. The van der Waals surface area contributed by atoms with Crippen LogP contribution in [-0.2, 0) is 0 Å². The molecule has 1 atom stereocenters. The van der Waals surface area contributed by atoms with Crippen LogP contribution in [0, 0.1) is 0 Å². The summed E-state index contributed by atoms with van der Waals surface area (Å²) < 4.78 is 0. The van der Waals surface area contributed by atoms with Crippen LogP contribution in [0.15, 0.2) is 24.5 Å². The molecule has 1 saturated heterocycles. The van der Waals surface area contributed by atoms with Crippen molar-refractivity contribution in [1.29, 1.82) is 0 Å². The molecule has 21 heavy (non-hydrogen) atoms. The van der Waals surface area contributed by atoms with E-state index < -0.39 is 0 Å². The summed E-state index contributed by atoms with van der Waals surface area (Å²) in [6.07, 6.45) is 4.79. The summed E-state index contributed by atoms with van der Waals surface area (Å²) in [4.78, 5) is 14.3. The minimum absolute atomic E-state index is 0.535. The lowest BCUT2D eigenvalue weighted by atomic mass is 10.2. The summed E-state index contributed by atoms with van der Waals surface area (Å²) in [5, 5.41) is 5.59. The van der Waals surface area contributed by atoms with E-state index in [-0.39, 0.29) is 0 Å². The van der Waals surface area contributed by atoms with E-state index in [1.807, 2.05) is 19.3 Å². The van der Waals surface area contributed by atoms with Gasteiger partial charge in [0.1, 0.15) is 11.5 Å². The van der Waals surface area contributed by atoms with Gasteiger partial charge in [-0.1, -0.05) is 0 Å². The minimum atomic E-state index is 0.535. The Hall–Kier alpha value is -2.34. The number of nitrogens with zero attached hydrogens (tertiary/aromatic N) is 3. The van der Waals surface area contributed by atoms with Crippen LogP contribution in [0.4, 0.5) is 11.5 Å². The first kappa shape index (κ1) is 12.4. The highest BCUT2D eigenvalue weighted by molar-refractivity contribution is 6.12. The second kappa shape index (κ2) is 4.60. The van der Waals surface area contributed by atoms with Gasteiger partial charge in [-0.15, -0.1) is 0 Å². The molecule has 108 valence electrons. The van der Waals surface area contributed by atoms with Crippen LogP contribution in [0.5, 0.6) is 0 Å². The van der Waals surface area contributed by atoms with Crippen molar-refractivity contribution in [2.45, 2.75) is 12.5 Å². The molecule has 4 heterocycles. The van der Waals surface area contributed by atoms with Gasteiger partial charge in [-0.2, -0.15) is 0 Å². The molecule has 6 heteroatoms. The molecule has 0 aromatic carbocycles. The highest BCUT2D eigenvalue weighted by atomic mass is 15.2. The maximum absolute atomic E-state index is 5.85. The number of hydrogen-bond acceptors (Lipinski definition) is 5. The number of aromatic amines is 1. The fraction of sp³-hybridized carbons (Fsp3) is 0.333. The largest absolute Gasteiger partial charge is 0.384 e. The first-order valence-corrected chi connectivity index (χ1v) is 7.20. The molecule has 6 nitrogen and oxygen atoms in total. The zero-order valence-corrected chi connectivity index (χ0v) is 11.9. The fourth-order valence-electron chi connectivity index (χ4n) is 3.20. The quantitative estimate of drug-likeness (QED) is 0.663. The van der Waals surface area contributed by atoms with Crippen LogP contribution >= 0.6 is 0 Å². The number of rotatable bonds is 2. The average molecular weight is 282 g/mol. The molecule has 1 aliphatic heterocycles. The van der Waals surface area contributed by atoms with E-state index in [0.717, 1.165) is 41.4 Å². The Balaban J connectivity index is 1.92. The zero-order valence-electron chi connectivity index (χ0n) is 11.9. The van der Waals surface area contributed by atoms with Crippen molar-refractivity contribution in [3.05, 3.63) is 24.5 Å². The van der Waals surface area contributed by atoms with Crippen molar-refractivity contribution >= 4 is 33.4 Å². The summed E-state index contributed by atoms with van der Waals surface area (Å²) in [5.74, 6) is 0.535. The molecule has 0 aliphatic carbocycles. The van der Waals surface area contributed by atoms with Crippen molar-refractivity contribution < 1.29 is 0 Å². The molecule has 0 amide bonds. The number of nitrogens with one attached hydrogen (secondary N) is 2. The minimum Gasteiger partial charge on any atom is -0.384 e. The van der Waals surface area contributed by atoms with Crippen molar-refractivity contribution in [3.63, 3.8) is 0 Å². The van der Waals surface area contributed by atoms with Crippen molar-refractivity contribution in [3.8, 4) is 0 Å². The summed E-state index contributed by atoms with van der Waals surface area (Å²) >= 11 is 0. The van der Waals surface area contributed by atoms with Crippen molar-refractivity contribution in [2.24, 2.45) is 0 Å². The van der Waals surface area contributed by atoms with Gasteiger partial charge >= 0.3 is 0 Å². The Bertz CT molecular complexity index is 808. The highest BCUT2D eigenvalue weighted by Gasteiger charge is 2.23. The van der Waals surface area contributed by atoms with Gasteiger partial charge in [0.15, 0.2) is 0 Å². The maximum atomic E-state index is 5.85. The first-order chi connectivity index (χ1) is 10.3. The second-order valence-corrected chi connectivity index (χ2v) is 5.55. The Morgan fingerprint density at radius 3 is 3.14 bits per heavy atom. The van der Waals surface area contributed by atoms with Gasteiger partial charge in [0.05, 0.1) is 17.1 Å². The molecule has 3 aromatic heterocycles. The number of nitrogens with two attached hydrogens (primary N) is 1. The van der Waals surface area contributed by atoms with Gasteiger partial charge in [-0.05, 0) is 25.6 Å². The molecule has 0 radical (unpaired) electrons. The summed E-state index contributed by atoms with van der Waals surface area (Å²) in [7, 11) is 2.02. The van der Waals surface area contributed by atoms with Crippen LogP contribution in [0.25, 0.3) is 21.9 Å². The van der Waals surface area contributed by atoms with Crippen LogP contribution in [0.3, 0.4) is 0 Å². The molecule has 0 spiro atoms. The van der Waals surface area contributed by atoms with E-state index in [4.69, 9.17) is 5.73 Å². The van der Waals surface area contributed by atoms with Crippen molar-refractivity contribution in [1.82, 2.24) is 20.3 Å². The molecule has 1 aliphatic rings. The summed E-state index contributed by atoms with van der Waals surface area (Å²) in [6, 6.07) is 4.56. The predicted molar refractivity (Wildman–Crippen MR) is 85.5 cm³/mol. The number of pyridine rings is 2. The number of nitrogen functional groups attached to an aromatic ring is 1. The van der Waals surface area contributed by atoms with Crippen LogP contribution in [0.1, 0.15) is 6.42 Å². The van der Waals surface area contributed by atoms with Crippen LogP contribution < -0.4 is 16.0 Å². The topological polar surface area (TPSA) is 82.9 Å². The number of aromatic nitrogens is 3.